The van der Waals surface area contributed by atoms with Crippen LogP contribution in [0.4, 0.5) is 4.39 Å². The first kappa shape index (κ1) is 14.5. The molecule has 1 saturated heterocycles. The van der Waals surface area contributed by atoms with Gasteiger partial charge < -0.3 is 4.57 Å². The molecule has 0 amide bonds. The molecular formula is C20H21FN2. The van der Waals surface area contributed by atoms with Crippen molar-refractivity contribution in [1.82, 2.24) is 9.47 Å². The maximum absolute atomic E-state index is 13.5. The van der Waals surface area contributed by atoms with Crippen LogP contribution in [-0.4, -0.2) is 22.6 Å². The summed E-state index contributed by atoms with van der Waals surface area (Å²) in [6.45, 7) is 3.21. The number of benzene rings is 2. The molecule has 0 bridgehead atoms. The fraction of sp³-hybridized carbons (Fsp3) is 0.300. The predicted octanol–water partition coefficient (Wildman–Crippen LogP) is 4.62. The van der Waals surface area contributed by atoms with Crippen LogP contribution in [0.1, 0.15) is 24.4 Å². The van der Waals surface area contributed by atoms with Crippen LogP contribution < -0.4 is 0 Å². The van der Waals surface area contributed by atoms with Crippen molar-refractivity contribution in [3.05, 3.63) is 72.2 Å². The number of halogens is 1. The van der Waals surface area contributed by atoms with Crippen LogP contribution in [0.3, 0.4) is 0 Å². The van der Waals surface area contributed by atoms with Gasteiger partial charge in [0.2, 0.25) is 0 Å². The summed E-state index contributed by atoms with van der Waals surface area (Å²) in [4.78, 5) is 2.51. The standard InChI is InChI=1S/C20H21FN2/c21-18-7-6-17-8-13-23(20(17)14-18)19-9-11-22(12-10-19)15-16-4-2-1-3-5-16/h1-8,13-14,19H,9-12,15H2. The molecule has 0 spiro atoms. The van der Waals surface area contributed by atoms with Crippen LogP contribution in [0.25, 0.3) is 10.9 Å². The number of aromatic nitrogens is 1. The van der Waals surface area contributed by atoms with Crippen LogP contribution in [0, 0.1) is 5.82 Å². The van der Waals surface area contributed by atoms with Crippen molar-refractivity contribution in [1.29, 1.82) is 0 Å². The van der Waals surface area contributed by atoms with Crippen molar-refractivity contribution in [3.8, 4) is 0 Å². The van der Waals surface area contributed by atoms with Gasteiger partial charge in [0.1, 0.15) is 5.82 Å². The fourth-order valence-electron chi connectivity index (χ4n) is 3.64. The second kappa shape index (κ2) is 6.17. The van der Waals surface area contributed by atoms with Gasteiger partial charge >= 0.3 is 0 Å². The van der Waals surface area contributed by atoms with Gasteiger partial charge in [0.25, 0.3) is 0 Å². The highest BCUT2D eigenvalue weighted by molar-refractivity contribution is 5.80. The lowest BCUT2D eigenvalue weighted by Crippen LogP contribution is -2.34. The Morgan fingerprint density at radius 1 is 0.957 bits per heavy atom. The van der Waals surface area contributed by atoms with Gasteiger partial charge in [-0.15, -0.1) is 0 Å². The Morgan fingerprint density at radius 3 is 2.52 bits per heavy atom. The fourth-order valence-corrected chi connectivity index (χ4v) is 3.64. The van der Waals surface area contributed by atoms with Crippen molar-refractivity contribution in [2.24, 2.45) is 0 Å². The largest absolute Gasteiger partial charge is 0.344 e. The van der Waals surface area contributed by atoms with E-state index in [9.17, 15) is 4.39 Å². The zero-order chi connectivity index (χ0) is 15.6. The smallest absolute Gasteiger partial charge is 0.125 e. The topological polar surface area (TPSA) is 8.17 Å². The number of hydrogen-bond donors (Lipinski definition) is 0. The van der Waals surface area contributed by atoms with Crippen molar-refractivity contribution in [3.63, 3.8) is 0 Å². The van der Waals surface area contributed by atoms with Gasteiger partial charge in [0.15, 0.2) is 0 Å². The van der Waals surface area contributed by atoms with Gasteiger partial charge in [0.05, 0.1) is 5.52 Å². The van der Waals surface area contributed by atoms with Crippen LogP contribution in [0.15, 0.2) is 60.8 Å². The van der Waals surface area contributed by atoms with Gasteiger partial charge in [-0.25, -0.2) is 4.39 Å². The average molecular weight is 308 g/mol. The third-order valence-corrected chi connectivity index (χ3v) is 4.88. The Kier molecular flexibility index (Phi) is 3.88. The van der Waals surface area contributed by atoms with Crippen molar-refractivity contribution in [2.45, 2.75) is 25.4 Å². The van der Waals surface area contributed by atoms with Crippen molar-refractivity contribution >= 4 is 10.9 Å². The Bertz CT molecular complexity index is 786. The molecule has 2 nitrogen and oxygen atoms in total. The van der Waals surface area contributed by atoms with Crippen molar-refractivity contribution in [2.75, 3.05) is 13.1 Å². The van der Waals surface area contributed by atoms with E-state index in [2.05, 4.69) is 52.1 Å². The highest BCUT2D eigenvalue weighted by Gasteiger charge is 2.21. The lowest BCUT2D eigenvalue weighted by atomic mass is 10.0. The molecule has 3 heteroatoms. The lowest BCUT2D eigenvalue weighted by Gasteiger charge is -2.33. The van der Waals surface area contributed by atoms with Crippen molar-refractivity contribution < 1.29 is 4.39 Å². The van der Waals surface area contributed by atoms with E-state index in [1.807, 2.05) is 6.07 Å². The maximum Gasteiger partial charge on any atom is 0.125 e. The van der Waals surface area contributed by atoms with E-state index in [0.29, 0.717) is 6.04 Å². The summed E-state index contributed by atoms with van der Waals surface area (Å²) in [5.74, 6) is -0.154. The third kappa shape index (κ3) is 3.02. The Hall–Kier alpha value is -2.13. The van der Waals surface area contributed by atoms with Crippen LogP contribution in [0.5, 0.6) is 0 Å². The highest BCUT2D eigenvalue weighted by Crippen LogP contribution is 2.28. The number of fused-ring (bicyclic) bond motifs is 1. The number of rotatable bonds is 3. The van der Waals surface area contributed by atoms with E-state index in [1.165, 1.54) is 11.6 Å². The molecule has 118 valence electrons. The number of nitrogens with zero attached hydrogens (tertiary/aromatic N) is 2. The number of hydrogen-bond acceptors (Lipinski definition) is 1. The van der Waals surface area contributed by atoms with Crippen LogP contribution in [0.2, 0.25) is 0 Å². The number of likely N-dealkylation sites (tertiary alicyclic amines) is 1. The van der Waals surface area contributed by atoms with E-state index < -0.39 is 0 Å². The molecule has 0 radical (unpaired) electrons. The number of piperidine rings is 1. The van der Waals surface area contributed by atoms with E-state index >= 15 is 0 Å². The van der Waals surface area contributed by atoms with E-state index in [1.54, 1.807) is 6.07 Å². The zero-order valence-electron chi connectivity index (χ0n) is 13.2. The summed E-state index contributed by atoms with van der Waals surface area (Å²) < 4.78 is 15.8. The molecule has 1 fully saturated rings. The molecule has 0 atom stereocenters. The van der Waals surface area contributed by atoms with Gasteiger partial charge in [-0.2, -0.15) is 0 Å². The summed E-state index contributed by atoms with van der Waals surface area (Å²) in [6, 6.07) is 18.3. The van der Waals surface area contributed by atoms with Gasteiger partial charge in [-0.3, -0.25) is 4.90 Å². The molecule has 0 aliphatic carbocycles. The van der Waals surface area contributed by atoms with Gasteiger partial charge in [-0.1, -0.05) is 30.3 Å². The first-order chi connectivity index (χ1) is 11.3. The molecule has 0 saturated carbocycles. The SMILES string of the molecule is Fc1ccc2ccn(C3CCN(Cc4ccccc4)CC3)c2c1. The van der Waals surface area contributed by atoms with E-state index in [-0.39, 0.29) is 5.82 Å². The predicted molar refractivity (Wildman–Crippen MR) is 91.9 cm³/mol. The Morgan fingerprint density at radius 2 is 1.74 bits per heavy atom. The molecule has 0 unspecified atom stereocenters. The molecule has 1 aromatic heterocycles. The lowest BCUT2D eigenvalue weighted by molar-refractivity contribution is 0.181. The molecule has 1 aliphatic heterocycles. The minimum atomic E-state index is -0.154. The zero-order valence-corrected chi connectivity index (χ0v) is 13.2. The summed E-state index contributed by atoms with van der Waals surface area (Å²) >= 11 is 0. The third-order valence-electron chi connectivity index (χ3n) is 4.88. The first-order valence-electron chi connectivity index (χ1n) is 8.32. The minimum Gasteiger partial charge on any atom is -0.344 e. The molecule has 3 aromatic rings. The van der Waals surface area contributed by atoms with Crippen LogP contribution >= 0.6 is 0 Å². The Balaban J connectivity index is 1.45. The summed E-state index contributed by atoms with van der Waals surface area (Å²) in [7, 11) is 0. The monoisotopic (exact) mass is 308 g/mol. The second-order valence-electron chi connectivity index (χ2n) is 6.42. The molecule has 4 rings (SSSR count). The molecule has 2 heterocycles. The second-order valence-corrected chi connectivity index (χ2v) is 6.42. The van der Waals surface area contributed by atoms with Crippen LogP contribution in [-0.2, 0) is 6.54 Å². The molecule has 0 N–H and O–H groups in total. The van der Waals surface area contributed by atoms with E-state index in [4.69, 9.17) is 0 Å². The Labute approximate surface area is 136 Å². The molecule has 2 aromatic carbocycles. The molecular weight excluding hydrogens is 287 g/mol. The summed E-state index contributed by atoms with van der Waals surface area (Å²) in [5.41, 5.74) is 2.39. The maximum atomic E-state index is 13.5. The molecule has 23 heavy (non-hydrogen) atoms. The summed E-state index contributed by atoms with van der Waals surface area (Å²) in [6.07, 6.45) is 4.35. The minimum absolute atomic E-state index is 0.154. The first-order valence-corrected chi connectivity index (χ1v) is 8.32. The average Bonchev–Trinajstić information content (AvgIpc) is 2.99. The van der Waals surface area contributed by atoms with E-state index in [0.717, 1.165) is 43.4 Å². The summed E-state index contributed by atoms with van der Waals surface area (Å²) in [5, 5.41) is 1.12. The van der Waals surface area contributed by atoms with Gasteiger partial charge in [-0.05, 0) is 48.1 Å². The molecule has 1 aliphatic rings. The quantitative estimate of drug-likeness (QED) is 0.685. The van der Waals surface area contributed by atoms with Gasteiger partial charge in [0, 0.05) is 31.9 Å². The highest BCUT2D eigenvalue weighted by atomic mass is 19.1. The normalized spacial score (nSPS) is 16.9.